The first-order valence-electron chi connectivity index (χ1n) is 9.42. The molecular formula is C17H25N7O4. The van der Waals surface area contributed by atoms with E-state index in [1.54, 1.807) is 4.57 Å². The predicted octanol–water partition coefficient (Wildman–Crippen LogP) is 0.113. The fraction of sp³-hybridized carbons (Fsp3) is 0.647. The van der Waals surface area contributed by atoms with Crippen molar-refractivity contribution in [3.05, 3.63) is 12.7 Å². The van der Waals surface area contributed by atoms with Crippen molar-refractivity contribution in [3.63, 3.8) is 0 Å². The molecule has 0 radical (unpaired) electrons. The molecule has 1 saturated heterocycles. The van der Waals surface area contributed by atoms with E-state index in [0.29, 0.717) is 11.2 Å². The quantitative estimate of drug-likeness (QED) is 0.397. The fourth-order valence-corrected chi connectivity index (χ4v) is 4.24. The Bertz CT molecular complexity index is 825. The number of ether oxygens (including phenoxy) is 1. The molecule has 0 amide bonds. The van der Waals surface area contributed by atoms with E-state index in [1.165, 1.54) is 19.1 Å². The van der Waals surface area contributed by atoms with E-state index in [2.05, 4.69) is 32.4 Å². The molecule has 5 atom stereocenters. The highest BCUT2D eigenvalue weighted by Gasteiger charge is 2.50. The number of anilines is 1. The highest BCUT2D eigenvalue weighted by atomic mass is 16.7. The molecule has 1 aliphatic carbocycles. The summed E-state index contributed by atoms with van der Waals surface area (Å²) >= 11 is 0. The maximum absolute atomic E-state index is 10.7. The smallest absolute Gasteiger partial charge is 0.167 e. The summed E-state index contributed by atoms with van der Waals surface area (Å²) < 4.78 is 7.64. The van der Waals surface area contributed by atoms with Gasteiger partial charge in [-0.2, -0.15) is 10.7 Å². The topological polar surface area (TPSA) is 153 Å². The first-order valence-corrected chi connectivity index (χ1v) is 9.42. The number of nitrogens with zero attached hydrogens (tertiary/aromatic N) is 5. The largest absolute Gasteiger partial charge is 0.387 e. The number of nitrogens with two attached hydrogens (primary N) is 1. The van der Waals surface area contributed by atoms with Crippen LogP contribution in [0.2, 0.25) is 0 Å². The SMILES string of the molecule is C=NNOC(C1CCCCC1)[C@H]1O[C@@H](n2cnc3c(N)ncnc32)[C@H](O)[C@@H]1O. The van der Waals surface area contributed by atoms with Crippen LogP contribution >= 0.6 is 0 Å². The van der Waals surface area contributed by atoms with Crippen molar-refractivity contribution in [3.8, 4) is 0 Å². The van der Waals surface area contributed by atoms with Gasteiger partial charge in [-0.15, -0.1) is 0 Å². The van der Waals surface area contributed by atoms with E-state index >= 15 is 0 Å². The van der Waals surface area contributed by atoms with E-state index < -0.39 is 30.6 Å². The molecule has 3 heterocycles. The molecule has 2 aromatic heterocycles. The number of hydrazone groups is 1. The van der Waals surface area contributed by atoms with Gasteiger partial charge in [-0.05, 0) is 18.8 Å². The second-order valence-corrected chi connectivity index (χ2v) is 7.29. The third-order valence-corrected chi connectivity index (χ3v) is 5.63. The van der Waals surface area contributed by atoms with E-state index in [0.717, 1.165) is 25.7 Å². The van der Waals surface area contributed by atoms with Crippen LogP contribution in [0.1, 0.15) is 38.3 Å². The minimum Gasteiger partial charge on any atom is -0.387 e. The number of imidazole rings is 1. The lowest BCUT2D eigenvalue weighted by atomic mass is 9.82. The fourth-order valence-electron chi connectivity index (χ4n) is 4.24. The van der Waals surface area contributed by atoms with Gasteiger partial charge >= 0.3 is 0 Å². The van der Waals surface area contributed by atoms with Crippen molar-refractivity contribution >= 4 is 23.7 Å². The lowest BCUT2D eigenvalue weighted by molar-refractivity contribution is -0.158. The van der Waals surface area contributed by atoms with E-state index in [4.69, 9.17) is 15.3 Å². The van der Waals surface area contributed by atoms with Gasteiger partial charge < -0.3 is 20.7 Å². The van der Waals surface area contributed by atoms with Crippen molar-refractivity contribution < 1.29 is 19.8 Å². The molecule has 1 unspecified atom stereocenters. The monoisotopic (exact) mass is 391 g/mol. The molecule has 4 rings (SSSR count). The zero-order chi connectivity index (χ0) is 19.7. The van der Waals surface area contributed by atoms with Crippen molar-refractivity contribution in [1.82, 2.24) is 25.1 Å². The second-order valence-electron chi connectivity index (χ2n) is 7.29. The Kier molecular flexibility index (Phi) is 5.40. The Morgan fingerprint density at radius 1 is 1.25 bits per heavy atom. The van der Waals surface area contributed by atoms with Gasteiger partial charge in [-0.3, -0.25) is 9.40 Å². The van der Waals surface area contributed by atoms with Crippen LogP contribution in [0.3, 0.4) is 0 Å². The molecule has 0 spiro atoms. The molecule has 2 aromatic rings. The van der Waals surface area contributed by atoms with Gasteiger partial charge in [0.2, 0.25) is 0 Å². The molecule has 11 nitrogen and oxygen atoms in total. The Morgan fingerprint density at radius 3 is 2.79 bits per heavy atom. The van der Waals surface area contributed by atoms with Crippen LogP contribution in [-0.2, 0) is 9.57 Å². The summed E-state index contributed by atoms with van der Waals surface area (Å²) in [6.45, 7) is 3.36. The average molecular weight is 391 g/mol. The summed E-state index contributed by atoms with van der Waals surface area (Å²) in [4.78, 5) is 18.0. The summed E-state index contributed by atoms with van der Waals surface area (Å²) in [6.07, 6.45) is 3.57. The summed E-state index contributed by atoms with van der Waals surface area (Å²) in [5.74, 6) is 0.407. The molecule has 1 aliphatic heterocycles. The molecule has 0 bridgehead atoms. The number of nitrogens with one attached hydrogen (secondary N) is 1. The zero-order valence-electron chi connectivity index (χ0n) is 15.4. The molecule has 0 aromatic carbocycles. The summed E-state index contributed by atoms with van der Waals surface area (Å²) in [6, 6.07) is 0. The average Bonchev–Trinajstić information content (AvgIpc) is 3.26. The number of aliphatic hydroxyl groups excluding tert-OH is 2. The van der Waals surface area contributed by atoms with Crippen LogP contribution in [0.5, 0.6) is 0 Å². The van der Waals surface area contributed by atoms with Crippen LogP contribution in [0, 0.1) is 5.92 Å². The highest BCUT2D eigenvalue weighted by Crippen LogP contribution is 2.38. The van der Waals surface area contributed by atoms with Crippen LogP contribution in [-0.4, -0.2) is 60.9 Å². The molecular weight excluding hydrogens is 366 g/mol. The summed E-state index contributed by atoms with van der Waals surface area (Å²) in [5.41, 5.74) is 9.10. The van der Waals surface area contributed by atoms with Gasteiger partial charge in [0.1, 0.15) is 36.3 Å². The Hall–Kier alpha value is -2.34. The maximum Gasteiger partial charge on any atom is 0.167 e. The van der Waals surface area contributed by atoms with Crippen LogP contribution < -0.4 is 11.3 Å². The van der Waals surface area contributed by atoms with Crippen LogP contribution in [0.25, 0.3) is 11.2 Å². The predicted molar refractivity (Wildman–Crippen MR) is 99.8 cm³/mol. The molecule has 28 heavy (non-hydrogen) atoms. The number of aliphatic hydroxyl groups is 2. The van der Waals surface area contributed by atoms with Crippen LogP contribution in [0.4, 0.5) is 5.82 Å². The molecule has 11 heteroatoms. The zero-order valence-corrected chi connectivity index (χ0v) is 15.4. The molecule has 5 N–H and O–H groups in total. The van der Waals surface area contributed by atoms with Crippen LogP contribution in [0.15, 0.2) is 17.8 Å². The standard InChI is InChI=1S/C17H25N7O4/c1-19-23-28-13(9-5-3-2-4-6-9)14-11(25)12(26)17(27-14)24-8-22-10-15(18)20-7-21-16(10)24/h7-9,11-14,17,23,25-26H,1-6H2,(H2,18,20,21)/t11-,12+,13?,14-,17+/m0/s1. The Morgan fingerprint density at radius 2 is 2.04 bits per heavy atom. The van der Waals surface area contributed by atoms with Crippen molar-refractivity contribution in [2.24, 2.45) is 11.0 Å². The van der Waals surface area contributed by atoms with Gasteiger partial charge in [0.25, 0.3) is 0 Å². The number of rotatable bonds is 6. The van der Waals surface area contributed by atoms with Gasteiger partial charge in [-0.1, -0.05) is 19.3 Å². The highest BCUT2D eigenvalue weighted by molar-refractivity contribution is 5.81. The minimum absolute atomic E-state index is 0.172. The molecule has 2 aliphatic rings. The number of fused-ring (bicyclic) bond motifs is 1. The third kappa shape index (κ3) is 3.30. The van der Waals surface area contributed by atoms with Gasteiger partial charge in [0, 0.05) is 6.72 Å². The van der Waals surface area contributed by atoms with E-state index in [9.17, 15) is 10.2 Å². The van der Waals surface area contributed by atoms with Gasteiger partial charge in [0.15, 0.2) is 17.7 Å². The van der Waals surface area contributed by atoms with E-state index in [-0.39, 0.29) is 11.7 Å². The number of aromatic nitrogens is 4. The number of hydrogen-bond donors (Lipinski definition) is 4. The summed E-state index contributed by atoms with van der Waals surface area (Å²) in [7, 11) is 0. The number of hydrogen-bond acceptors (Lipinski definition) is 10. The molecule has 2 fully saturated rings. The molecule has 152 valence electrons. The third-order valence-electron chi connectivity index (χ3n) is 5.63. The minimum atomic E-state index is -1.19. The van der Waals surface area contributed by atoms with Gasteiger partial charge in [-0.25, -0.2) is 15.0 Å². The first-order chi connectivity index (χ1) is 13.6. The van der Waals surface area contributed by atoms with Gasteiger partial charge in [0.05, 0.1) is 6.33 Å². The lowest BCUT2D eigenvalue weighted by Gasteiger charge is -2.33. The molecule has 1 saturated carbocycles. The summed E-state index contributed by atoms with van der Waals surface area (Å²) in [5, 5.41) is 25.0. The Labute approximate surface area is 161 Å². The maximum atomic E-state index is 10.7. The second kappa shape index (κ2) is 7.95. The van der Waals surface area contributed by atoms with Crippen molar-refractivity contribution in [2.75, 3.05) is 5.73 Å². The van der Waals surface area contributed by atoms with Crippen molar-refractivity contribution in [1.29, 1.82) is 0 Å². The normalized spacial score (nSPS) is 29.8. The van der Waals surface area contributed by atoms with E-state index in [1.807, 2.05) is 0 Å². The lowest BCUT2D eigenvalue weighted by Crippen LogP contribution is -2.46. The Balaban J connectivity index is 1.61. The first kappa shape index (κ1) is 19.0. The van der Waals surface area contributed by atoms with Crippen molar-refractivity contribution in [2.45, 2.75) is 62.7 Å². The number of nitrogen functional groups attached to an aromatic ring is 1.